The number of hydrogen-bond acceptors (Lipinski definition) is 9. The number of aryl methyl sites for hydroxylation is 1. The highest BCUT2D eigenvalue weighted by molar-refractivity contribution is 6.91. The summed E-state index contributed by atoms with van der Waals surface area (Å²) in [6, 6.07) is 35.0. The Labute approximate surface area is 342 Å². The number of carbonyl (C=O) groups excluding carboxylic acids is 1. The lowest BCUT2D eigenvalue weighted by atomic mass is 9.85. The maximum absolute atomic E-state index is 14.6. The third-order valence-electron chi connectivity index (χ3n) is 13.2. The number of methoxy groups -OCH3 is 2. The first kappa shape index (κ1) is 39.8. The van der Waals surface area contributed by atoms with E-state index in [-0.39, 0.29) is 42.1 Å². The lowest BCUT2D eigenvalue weighted by Crippen LogP contribution is -2.55. The molecule has 5 aromatic rings. The van der Waals surface area contributed by atoms with E-state index in [1.807, 2.05) is 76.4 Å². The number of para-hydroxylation sites is 1. The summed E-state index contributed by atoms with van der Waals surface area (Å²) in [6.07, 6.45) is 3.87. The number of amides is 1. The number of anilines is 2. The SMILES string of the molecule is COc1ccc([Si](C)(C)C(CCn2cc(C(CO)c3ccccc3)nn2)[C@@H]2Oc3ccc(N4CN(c5ccccc5)C5(CCNCC5)C4=O)cc3[C@H](OC)[C@H]2C)cc1. The van der Waals surface area contributed by atoms with Crippen LogP contribution in [0.3, 0.4) is 0 Å². The number of aromatic nitrogens is 3. The Morgan fingerprint density at radius 3 is 2.33 bits per heavy atom. The van der Waals surface area contributed by atoms with Gasteiger partial charge in [-0.05, 0) is 85.9 Å². The molecular formula is C46H56N6O5Si. The standard InChI is InChI=1S/C46H56N6O5Si/c1-32-43(56-3)38-28-35(51-31-52(34-14-10-7-11-15-34)46(45(51)54)23-25-47-26-24-46)16-21-41(38)57-44(32)42(58(4,5)37-19-17-36(55-2)18-20-37)22-27-50-29-40(48-49-50)39(30-53)33-12-8-6-9-13-33/h6-21,28-29,32,39,42-44,47,53H,22-27,30-31H2,1-5H3/t32-,39?,42?,43-,44-/m1/s1. The number of nitrogens with one attached hydrogen (secondary N) is 1. The fraction of sp³-hybridized carbons (Fsp3) is 0.413. The number of carbonyl (C=O) groups is 1. The van der Waals surface area contributed by atoms with Crippen LogP contribution in [0.4, 0.5) is 11.4 Å². The van der Waals surface area contributed by atoms with E-state index < -0.39 is 13.6 Å². The summed E-state index contributed by atoms with van der Waals surface area (Å²) in [4.78, 5) is 18.8. The van der Waals surface area contributed by atoms with Crippen LogP contribution in [0.2, 0.25) is 18.6 Å². The molecule has 0 saturated carbocycles. The second kappa shape index (κ2) is 16.7. The zero-order valence-corrected chi connectivity index (χ0v) is 35.3. The van der Waals surface area contributed by atoms with Crippen LogP contribution in [0.25, 0.3) is 0 Å². The van der Waals surface area contributed by atoms with Gasteiger partial charge in [-0.15, -0.1) is 5.10 Å². The number of benzene rings is 4. The number of piperidine rings is 1. The summed E-state index contributed by atoms with van der Waals surface area (Å²) in [7, 11) is 1.21. The first-order chi connectivity index (χ1) is 28.2. The predicted molar refractivity (Wildman–Crippen MR) is 230 cm³/mol. The van der Waals surface area contributed by atoms with Gasteiger partial charge in [-0.1, -0.05) is 91.1 Å². The summed E-state index contributed by atoms with van der Waals surface area (Å²) in [5, 5.41) is 24.2. The maximum Gasteiger partial charge on any atom is 0.254 e. The number of fused-ring (bicyclic) bond motifs is 1. The van der Waals surface area contributed by atoms with Gasteiger partial charge in [-0.25, -0.2) is 0 Å². The summed E-state index contributed by atoms with van der Waals surface area (Å²) in [5.41, 5.74) is 4.21. The minimum absolute atomic E-state index is 0.00297. The van der Waals surface area contributed by atoms with Gasteiger partial charge in [0.25, 0.3) is 5.91 Å². The zero-order chi connectivity index (χ0) is 40.4. The van der Waals surface area contributed by atoms with Crippen molar-refractivity contribution in [3.63, 3.8) is 0 Å². The van der Waals surface area contributed by atoms with Crippen LogP contribution >= 0.6 is 0 Å². The van der Waals surface area contributed by atoms with Crippen molar-refractivity contribution in [1.82, 2.24) is 20.3 Å². The first-order valence-corrected chi connectivity index (χ1v) is 23.7. The Balaban J connectivity index is 1.10. The molecule has 2 N–H and O–H groups in total. The molecule has 1 amide bonds. The Morgan fingerprint density at radius 2 is 1.66 bits per heavy atom. The number of aliphatic hydroxyl groups is 1. The highest BCUT2D eigenvalue weighted by Crippen LogP contribution is 2.49. The van der Waals surface area contributed by atoms with Crippen molar-refractivity contribution in [2.75, 3.05) is 50.4 Å². The third-order valence-corrected chi connectivity index (χ3v) is 17.5. The van der Waals surface area contributed by atoms with E-state index in [1.165, 1.54) is 5.19 Å². The Hall–Kier alpha value is -5.01. The Morgan fingerprint density at radius 1 is 0.948 bits per heavy atom. The van der Waals surface area contributed by atoms with Crippen LogP contribution in [0.1, 0.15) is 55.0 Å². The largest absolute Gasteiger partial charge is 0.497 e. The first-order valence-electron chi connectivity index (χ1n) is 20.6. The van der Waals surface area contributed by atoms with Crippen LogP contribution in [0, 0.1) is 5.92 Å². The minimum Gasteiger partial charge on any atom is -0.497 e. The van der Waals surface area contributed by atoms with E-state index in [0.717, 1.165) is 72.0 Å². The lowest BCUT2D eigenvalue weighted by Gasteiger charge is -2.46. The molecule has 1 aromatic heterocycles. The van der Waals surface area contributed by atoms with Crippen molar-refractivity contribution in [3.05, 3.63) is 126 Å². The van der Waals surface area contributed by atoms with Gasteiger partial charge in [0, 0.05) is 42.7 Å². The van der Waals surface area contributed by atoms with Crippen LogP contribution in [-0.2, 0) is 16.1 Å². The van der Waals surface area contributed by atoms with Crippen LogP contribution in [0.15, 0.2) is 109 Å². The molecule has 5 atom stereocenters. The van der Waals surface area contributed by atoms with Crippen LogP contribution in [0.5, 0.6) is 11.5 Å². The fourth-order valence-corrected chi connectivity index (χ4v) is 13.3. The van der Waals surface area contributed by atoms with Gasteiger partial charge >= 0.3 is 0 Å². The molecule has 0 radical (unpaired) electrons. The average molecular weight is 801 g/mol. The Kier molecular flexibility index (Phi) is 11.5. The van der Waals surface area contributed by atoms with E-state index >= 15 is 0 Å². The average Bonchev–Trinajstić information content (AvgIpc) is 3.83. The van der Waals surface area contributed by atoms with Crippen molar-refractivity contribution >= 4 is 30.5 Å². The quantitative estimate of drug-likeness (QED) is 0.129. The molecule has 11 nitrogen and oxygen atoms in total. The number of ether oxygens (including phenoxy) is 3. The van der Waals surface area contributed by atoms with Crippen molar-refractivity contribution in [1.29, 1.82) is 0 Å². The van der Waals surface area contributed by atoms with Gasteiger partial charge < -0.3 is 29.5 Å². The molecule has 3 aliphatic heterocycles. The van der Waals surface area contributed by atoms with E-state index in [9.17, 15) is 9.90 Å². The molecule has 1 spiro atoms. The van der Waals surface area contributed by atoms with Crippen molar-refractivity contribution in [2.45, 2.75) is 75.0 Å². The van der Waals surface area contributed by atoms with Crippen molar-refractivity contribution in [2.24, 2.45) is 5.92 Å². The van der Waals surface area contributed by atoms with E-state index in [2.05, 4.69) is 83.0 Å². The molecule has 2 fully saturated rings. The molecule has 0 bridgehead atoms. The molecule has 8 rings (SSSR count). The molecule has 4 aromatic carbocycles. The molecule has 3 aliphatic rings. The fourth-order valence-electron chi connectivity index (χ4n) is 9.78. The maximum atomic E-state index is 14.6. The van der Waals surface area contributed by atoms with Gasteiger partial charge in [0.05, 0.1) is 46.2 Å². The van der Waals surface area contributed by atoms with E-state index in [1.54, 1.807) is 14.2 Å². The summed E-state index contributed by atoms with van der Waals surface area (Å²) in [6.45, 7) is 9.76. The summed E-state index contributed by atoms with van der Waals surface area (Å²) >= 11 is 0. The van der Waals surface area contributed by atoms with Gasteiger partial charge in [-0.2, -0.15) is 0 Å². The monoisotopic (exact) mass is 800 g/mol. The molecular weight excluding hydrogens is 745 g/mol. The Bertz CT molecular complexity index is 2160. The van der Waals surface area contributed by atoms with Gasteiger partial charge in [0.1, 0.15) is 23.1 Å². The van der Waals surface area contributed by atoms with E-state index in [4.69, 9.17) is 14.2 Å². The summed E-state index contributed by atoms with van der Waals surface area (Å²) in [5.74, 6) is 1.52. The topological polar surface area (TPSA) is 114 Å². The van der Waals surface area contributed by atoms with E-state index in [0.29, 0.717) is 13.2 Å². The number of hydrogen-bond donors (Lipinski definition) is 2. The molecule has 58 heavy (non-hydrogen) atoms. The van der Waals surface area contributed by atoms with Gasteiger partial charge in [0.15, 0.2) is 0 Å². The minimum atomic E-state index is -2.27. The molecule has 4 heterocycles. The third kappa shape index (κ3) is 7.31. The second-order valence-corrected chi connectivity index (χ2v) is 21.4. The van der Waals surface area contributed by atoms with Crippen molar-refractivity contribution < 1.29 is 24.1 Å². The number of aliphatic hydroxyl groups excluding tert-OH is 1. The van der Waals surface area contributed by atoms with Crippen LogP contribution in [-0.4, -0.2) is 86.3 Å². The number of rotatable bonds is 13. The molecule has 2 saturated heterocycles. The normalized spacial score (nSPS) is 21.4. The molecule has 12 heteroatoms. The smallest absolute Gasteiger partial charge is 0.254 e. The number of nitrogens with zero attached hydrogens (tertiary/aromatic N) is 5. The molecule has 0 aliphatic carbocycles. The lowest BCUT2D eigenvalue weighted by molar-refractivity contribution is -0.122. The highest BCUT2D eigenvalue weighted by Gasteiger charge is 2.54. The molecule has 304 valence electrons. The van der Waals surface area contributed by atoms with Crippen LogP contribution < -0.4 is 29.8 Å². The molecule has 2 unspecified atom stereocenters. The highest BCUT2D eigenvalue weighted by atomic mass is 28.3. The predicted octanol–water partition coefficient (Wildman–Crippen LogP) is 6.50. The van der Waals surface area contributed by atoms with Crippen molar-refractivity contribution in [3.8, 4) is 11.5 Å². The van der Waals surface area contributed by atoms with Gasteiger partial charge in [-0.3, -0.25) is 14.4 Å². The zero-order valence-electron chi connectivity index (χ0n) is 34.3. The summed E-state index contributed by atoms with van der Waals surface area (Å²) < 4.78 is 21.0. The second-order valence-electron chi connectivity index (χ2n) is 16.6. The van der Waals surface area contributed by atoms with Gasteiger partial charge in [0.2, 0.25) is 0 Å².